The standard InChI is InChI=1S/C16H15FO2/c1-19-14-9-7-12(15(17)11-14)8-10-16(18)13-5-3-2-4-6-13/h2-7,9,11H,8,10H2,1H3. The van der Waals surface area contributed by atoms with Gasteiger partial charge in [-0.05, 0) is 18.1 Å². The maximum atomic E-state index is 13.7. The van der Waals surface area contributed by atoms with Gasteiger partial charge in [0.05, 0.1) is 7.11 Å². The molecule has 0 aliphatic heterocycles. The van der Waals surface area contributed by atoms with Crippen molar-refractivity contribution in [3.8, 4) is 5.75 Å². The van der Waals surface area contributed by atoms with Gasteiger partial charge in [0.15, 0.2) is 5.78 Å². The lowest BCUT2D eigenvalue weighted by atomic mass is 10.0. The highest BCUT2D eigenvalue weighted by Gasteiger charge is 2.09. The first-order valence-corrected chi connectivity index (χ1v) is 6.11. The number of benzene rings is 2. The number of carbonyl (C=O) groups excluding carboxylic acids is 1. The Balaban J connectivity index is 2.01. The van der Waals surface area contributed by atoms with Gasteiger partial charge < -0.3 is 4.74 Å². The van der Waals surface area contributed by atoms with E-state index in [9.17, 15) is 9.18 Å². The van der Waals surface area contributed by atoms with Crippen LogP contribution in [0.15, 0.2) is 48.5 Å². The molecule has 0 bridgehead atoms. The van der Waals surface area contributed by atoms with Crippen molar-refractivity contribution >= 4 is 5.78 Å². The predicted octanol–water partition coefficient (Wildman–Crippen LogP) is 3.65. The van der Waals surface area contributed by atoms with E-state index in [1.54, 1.807) is 24.3 Å². The zero-order valence-electron chi connectivity index (χ0n) is 10.7. The Morgan fingerprint density at radius 3 is 2.53 bits per heavy atom. The van der Waals surface area contributed by atoms with Crippen molar-refractivity contribution in [3.05, 3.63) is 65.5 Å². The fraction of sp³-hybridized carbons (Fsp3) is 0.188. The molecule has 2 nitrogen and oxygen atoms in total. The second-order valence-corrected chi connectivity index (χ2v) is 4.25. The molecule has 0 heterocycles. The van der Waals surface area contributed by atoms with E-state index >= 15 is 0 Å². The van der Waals surface area contributed by atoms with Crippen molar-refractivity contribution in [2.45, 2.75) is 12.8 Å². The molecule has 98 valence electrons. The summed E-state index contributed by atoms with van der Waals surface area (Å²) in [5, 5.41) is 0. The second kappa shape index (κ2) is 6.14. The van der Waals surface area contributed by atoms with E-state index in [1.807, 2.05) is 18.2 Å². The third kappa shape index (κ3) is 3.41. The van der Waals surface area contributed by atoms with E-state index in [0.717, 1.165) is 0 Å². The van der Waals surface area contributed by atoms with Crippen LogP contribution < -0.4 is 4.74 Å². The fourth-order valence-corrected chi connectivity index (χ4v) is 1.87. The van der Waals surface area contributed by atoms with Crippen LogP contribution in [-0.2, 0) is 6.42 Å². The molecule has 2 rings (SSSR count). The number of hydrogen-bond donors (Lipinski definition) is 0. The number of rotatable bonds is 5. The number of ketones is 1. The van der Waals surface area contributed by atoms with Crippen LogP contribution in [-0.4, -0.2) is 12.9 Å². The van der Waals surface area contributed by atoms with E-state index in [4.69, 9.17) is 4.74 Å². The Kier molecular flexibility index (Phi) is 4.29. The lowest BCUT2D eigenvalue weighted by molar-refractivity contribution is 0.0982. The first kappa shape index (κ1) is 13.3. The van der Waals surface area contributed by atoms with E-state index in [0.29, 0.717) is 29.7 Å². The molecule has 2 aromatic carbocycles. The zero-order chi connectivity index (χ0) is 13.7. The molecule has 0 saturated heterocycles. The summed E-state index contributed by atoms with van der Waals surface area (Å²) in [6.45, 7) is 0. The van der Waals surface area contributed by atoms with E-state index in [-0.39, 0.29) is 11.6 Å². The molecule has 0 fully saturated rings. The van der Waals surface area contributed by atoms with Crippen molar-refractivity contribution in [3.63, 3.8) is 0 Å². The Morgan fingerprint density at radius 2 is 1.89 bits per heavy atom. The van der Waals surface area contributed by atoms with E-state index in [2.05, 4.69) is 0 Å². The number of methoxy groups -OCH3 is 1. The summed E-state index contributed by atoms with van der Waals surface area (Å²) >= 11 is 0. The summed E-state index contributed by atoms with van der Waals surface area (Å²) in [7, 11) is 1.49. The molecule has 0 amide bonds. The van der Waals surface area contributed by atoms with Crippen LogP contribution in [0.1, 0.15) is 22.3 Å². The van der Waals surface area contributed by atoms with Crippen molar-refractivity contribution in [1.82, 2.24) is 0 Å². The number of halogens is 1. The van der Waals surface area contributed by atoms with Crippen molar-refractivity contribution in [2.75, 3.05) is 7.11 Å². The van der Waals surface area contributed by atoms with Crippen LogP contribution in [0.2, 0.25) is 0 Å². The summed E-state index contributed by atoms with van der Waals surface area (Å²) in [6.07, 6.45) is 0.691. The van der Waals surface area contributed by atoms with Gasteiger partial charge in [0.25, 0.3) is 0 Å². The summed E-state index contributed by atoms with van der Waals surface area (Å²) in [5.41, 5.74) is 1.20. The first-order valence-electron chi connectivity index (χ1n) is 6.11. The van der Waals surface area contributed by atoms with Gasteiger partial charge in [-0.2, -0.15) is 0 Å². The van der Waals surface area contributed by atoms with Crippen LogP contribution in [0.4, 0.5) is 4.39 Å². The maximum absolute atomic E-state index is 13.7. The molecule has 0 unspecified atom stereocenters. The van der Waals surface area contributed by atoms with Gasteiger partial charge in [0, 0.05) is 18.1 Å². The summed E-state index contributed by atoms with van der Waals surface area (Å²) in [6, 6.07) is 13.7. The molecule has 0 aliphatic rings. The molecular weight excluding hydrogens is 243 g/mol. The average molecular weight is 258 g/mol. The smallest absolute Gasteiger partial charge is 0.163 e. The van der Waals surface area contributed by atoms with Gasteiger partial charge in [0.1, 0.15) is 11.6 Å². The number of Topliss-reactive ketones (excluding diaryl/α,β-unsaturated/α-hetero) is 1. The molecule has 0 aliphatic carbocycles. The third-order valence-electron chi connectivity index (χ3n) is 2.98. The van der Waals surface area contributed by atoms with Gasteiger partial charge >= 0.3 is 0 Å². The Hall–Kier alpha value is -2.16. The number of hydrogen-bond acceptors (Lipinski definition) is 2. The van der Waals surface area contributed by atoms with Gasteiger partial charge in [-0.15, -0.1) is 0 Å². The summed E-state index contributed by atoms with van der Waals surface area (Å²) in [4.78, 5) is 11.9. The molecule has 0 aromatic heterocycles. The number of ether oxygens (including phenoxy) is 1. The molecular formula is C16H15FO2. The van der Waals surface area contributed by atoms with Gasteiger partial charge in [0.2, 0.25) is 0 Å². The monoisotopic (exact) mass is 258 g/mol. The Morgan fingerprint density at radius 1 is 1.16 bits per heavy atom. The minimum Gasteiger partial charge on any atom is -0.497 e. The highest BCUT2D eigenvalue weighted by molar-refractivity contribution is 5.96. The zero-order valence-corrected chi connectivity index (χ0v) is 10.7. The lowest BCUT2D eigenvalue weighted by Gasteiger charge is -2.05. The Labute approximate surface area is 111 Å². The largest absolute Gasteiger partial charge is 0.497 e. The highest BCUT2D eigenvalue weighted by atomic mass is 19.1. The summed E-state index contributed by atoms with van der Waals surface area (Å²) < 4.78 is 18.6. The van der Waals surface area contributed by atoms with Gasteiger partial charge in [-0.3, -0.25) is 4.79 Å². The normalized spacial score (nSPS) is 10.2. The van der Waals surface area contributed by atoms with Gasteiger partial charge in [-0.25, -0.2) is 4.39 Å². The minimum absolute atomic E-state index is 0.0239. The van der Waals surface area contributed by atoms with Crippen LogP contribution in [0.3, 0.4) is 0 Å². The molecule has 0 atom stereocenters. The SMILES string of the molecule is COc1ccc(CCC(=O)c2ccccc2)c(F)c1. The van der Waals surface area contributed by atoms with Crippen LogP contribution >= 0.6 is 0 Å². The van der Waals surface area contributed by atoms with Crippen molar-refractivity contribution in [2.24, 2.45) is 0 Å². The molecule has 0 radical (unpaired) electrons. The molecule has 19 heavy (non-hydrogen) atoms. The topological polar surface area (TPSA) is 26.3 Å². The fourth-order valence-electron chi connectivity index (χ4n) is 1.87. The lowest BCUT2D eigenvalue weighted by Crippen LogP contribution is -2.02. The quantitative estimate of drug-likeness (QED) is 0.765. The predicted molar refractivity (Wildman–Crippen MR) is 72.0 cm³/mol. The number of aryl methyl sites for hydroxylation is 1. The Bertz CT molecular complexity index is 564. The molecule has 0 N–H and O–H groups in total. The van der Waals surface area contributed by atoms with Crippen molar-refractivity contribution in [1.29, 1.82) is 0 Å². The highest BCUT2D eigenvalue weighted by Crippen LogP contribution is 2.18. The van der Waals surface area contributed by atoms with E-state index < -0.39 is 0 Å². The summed E-state index contributed by atoms with van der Waals surface area (Å²) in [5.74, 6) is 0.173. The molecule has 2 aromatic rings. The molecule has 0 spiro atoms. The maximum Gasteiger partial charge on any atom is 0.163 e. The van der Waals surface area contributed by atoms with E-state index in [1.165, 1.54) is 13.2 Å². The van der Waals surface area contributed by atoms with Crippen molar-refractivity contribution < 1.29 is 13.9 Å². The minimum atomic E-state index is -0.333. The van der Waals surface area contributed by atoms with Crippen LogP contribution in [0, 0.1) is 5.82 Å². The molecule has 0 saturated carbocycles. The second-order valence-electron chi connectivity index (χ2n) is 4.25. The first-order chi connectivity index (χ1) is 9.20. The number of carbonyl (C=O) groups is 1. The van der Waals surface area contributed by atoms with Crippen LogP contribution in [0.25, 0.3) is 0 Å². The third-order valence-corrected chi connectivity index (χ3v) is 2.98. The van der Waals surface area contributed by atoms with Crippen LogP contribution in [0.5, 0.6) is 5.75 Å². The average Bonchev–Trinajstić information content (AvgIpc) is 2.46. The van der Waals surface area contributed by atoms with Gasteiger partial charge in [-0.1, -0.05) is 36.4 Å². The molecule has 3 heteroatoms.